The highest BCUT2D eigenvalue weighted by molar-refractivity contribution is 9.10. The molecule has 2 aromatic rings. The average Bonchev–Trinajstić information content (AvgIpc) is 2.42. The number of carbonyl (C=O) groups excluding carboxylic acids is 1. The summed E-state index contributed by atoms with van der Waals surface area (Å²) in [6.45, 7) is 2.07. The zero-order valence-electron chi connectivity index (χ0n) is 10.6. The van der Waals surface area contributed by atoms with Gasteiger partial charge in [-0.25, -0.2) is 0 Å². The molecule has 0 aromatic heterocycles. The van der Waals surface area contributed by atoms with Crippen LogP contribution < -0.4 is 5.32 Å². The summed E-state index contributed by atoms with van der Waals surface area (Å²) in [5.74, 6) is 0.0788. The lowest BCUT2D eigenvalue weighted by molar-refractivity contribution is -0.116. The van der Waals surface area contributed by atoms with Crippen molar-refractivity contribution in [1.82, 2.24) is 0 Å². The van der Waals surface area contributed by atoms with E-state index < -0.39 is 0 Å². The number of benzene rings is 2. The van der Waals surface area contributed by atoms with Crippen LogP contribution in [0, 0.1) is 6.92 Å². The number of aryl methyl sites for hydroxylation is 1. The first-order valence-electron chi connectivity index (χ1n) is 6.27. The molecule has 1 amide bonds. The Balaban J connectivity index is 2.17. The summed E-state index contributed by atoms with van der Waals surface area (Å²) in [4.78, 5) is 11.8. The summed E-state index contributed by atoms with van der Waals surface area (Å²) >= 11 is 3.54. The largest absolute Gasteiger partial charge is 0.325 e. The highest BCUT2D eigenvalue weighted by atomic mass is 79.9. The van der Waals surface area contributed by atoms with Gasteiger partial charge >= 0.3 is 0 Å². The standard InChI is InChI=1S/C16H14BrNO/c1-10-7-8-13-12(9-10)14(15(17)16(19)18-13)11-5-3-2-4-6-11/h2-9,14-15H,1H3,(H,18,19). The molecule has 0 bridgehead atoms. The van der Waals surface area contributed by atoms with Crippen molar-refractivity contribution >= 4 is 27.5 Å². The third-order valence-corrected chi connectivity index (χ3v) is 4.45. The van der Waals surface area contributed by atoms with Crippen molar-refractivity contribution in [2.45, 2.75) is 17.7 Å². The number of fused-ring (bicyclic) bond motifs is 1. The molecule has 96 valence electrons. The Morgan fingerprint density at radius 1 is 1.11 bits per heavy atom. The van der Waals surface area contributed by atoms with Crippen LogP contribution in [0.15, 0.2) is 48.5 Å². The number of hydrogen-bond acceptors (Lipinski definition) is 1. The van der Waals surface area contributed by atoms with Crippen LogP contribution in [0.3, 0.4) is 0 Å². The predicted octanol–water partition coefficient (Wildman–Crippen LogP) is 3.84. The second-order valence-corrected chi connectivity index (χ2v) is 5.86. The van der Waals surface area contributed by atoms with E-state index in [1.54, 1.807) is 0 Å². The highest BCUT2D eigenvalue weighted by Gasteiger charge is 2.34. The molecule has 0 saturated carbocycles. The predicted molar refractivity (Wildman–Crippen MR) is 80.8 cm³/mol. The summed E-state index contributed by atoms with van der Waals surface area (Å²) in [7, 11) is 0. The fraction of sp³-hybridized carbons (Fsp3) is 0.188. The molecule has 0 radical (unpaired) electrons. The van der Waals surface area contributed by atoms with Crippen molar-refractivity contribution in [3.8, 4) is 0 Å². The van der Waals surface area contributed by atoms with E-state index in [9.17, 15) is 4.79 Å². The van der Waals surface area contributed by atoms with Gasteiger partial charge in [0.15, 0.2) is 0 Å². The Hall–Kier alpha value is -1.61. The van der Waals surface area contributed by atoms with E-state index >= 15 is 0 Å². The van der Waals surface area contributed by atoms with Crippen molar-refractivity contribution in [3.63, 3.8) is 0 Å². The summed E-state index contributed by atoms with van der Waals surface area (Å²) in [5, 5.41) is 2.95. The van der Waals surface area contributed by atoms with Crippen molar-refractivity contribution in [2.24, 2.45) is 0 Å². The van der Waals surface area contributed by atoms with Crippen LogP contribution in [0.4, 0.5) is 5.69 Å². The fourth-order valence-electron chi connectivity index (χ4n) is 2.57. The molecule has 1 heterocycles. The van der Waals surface area contributed by atoms with Crippen molar-refractivity contribution < 1.29 is 4.79 Å². The van der Waals surface area contributed by atoms with Crippen LogP contribution in [-0.4, -0.2) is 10.7 Å². The smallest absolute Gasteiger partial charge is 0.239 e. The van der Waals surface area contributed by atoms with Gasteiger partial charge in [0.05, 0.1) is 0 Å². The Bertz CT molecular complexity index is 624. The lowest BCUT2D eigenvalue weighted by Crippen LogP contribution is -2.34. The van der Waals surface area contributed by atoms with Gasteiger partial charge in [-0.2, -0.15) is 0 Å². The van der Waals surface area contributed by atoms with Crippen LogP contribution in [-0.2, 0) is 4.79 Å². The maximum atomic E-state index is 12.1. The van der Waals surface area contributed by atoms with Gasteiger partial charge < -0.3 is 5.32 Å². The molecule has 1 N–H and O–H groups in total. The number of amides is 1. The zero-order valence-corrected chi connectivity index (χ0v) is 12.1. The van der Waals surface area contributed by atoms with Gasteiger partial charge in [-0.15, -0.1) is 0 Å². The van der Waals surface area contributed by atoms with Crippen LogP contribution in [0.2, 0.25) is 0 Å². The summed E-state index contributed by atoms with van der Waals surface area (Å²) < 4.78 is 0. The summed E-state index contributed by atoms with van der Waals surface area (Å²) in [5.41, 5.74) is 4.45. The Labute approximate surface area is 121 Å². The molecular formula is C16H14BrNO. The van der Waals surface area contributed by atoms with Gasteiger partial charge in [0.25, 0.3) is 0 Å². The summed E-state index contributed by atoms with van der Waals surface area (Å²) in [6, 6.07) is 16.3. The molecule has 2 nitrogen and oxygen atoms in total. The molecule has 2 aromatic carbocycles. The van der Waals surface area contributed by atoms with Gasteiger partial charge in [-0.05, 0) is 24.1 Å². The van der Waals surface area contributed by atoms with Crippen LogP contribution in [0.5, 0.6) is 0 Å². The Morgan fingerprint density at radius 3 is 2.58 bits per heavy atom. The maximum Gasteiger partial charge on any atom is 0.239 e. The van der Waals surface area contributed by atoms with Gasteiger partial charge in [0.1, 0.15) is 4.83 Å². The number of anilines is 1. The molecule has 1 aliphatic rings. The number of nitrogens with one attached hydrogen (secondary N) is 1. The molecular weight excluding hydrogens is 302 g/mol. The monoisotopic (exact) mass is 315 g/mol. The van der Waals surface area contributed by atoms with Crippen LogP contribution in [0.25, 0.3) is 0 Å². The van der Waals surface area contributed by atoms with E-state index in [0.717, 1.165) is 11.3 Å². The topological polar surface area (TPSA) is 29.1 Å². The minimum atomic E-state index is -0.232. The second kappa shape index (κ2) is 4.82. The maximum absolute atomic E-state index is 12.1. The molecule has 2 unspecified atom stereocenters. The van der Waals surface area contributed by atoms with E-state index in [1.165, 1.54) is 11.1 Å². The van der Waals surface area contributed by atoms with E-state index in [0.29, 0.717) is 0 Å². The normalized spacial score (nSPS) is 21.7. The lowest BCUT2D eigenvalue weighted by atomic mass is 9.84. The molecule has 3 heteroatoms. The van der Waals surface area contributed by atoms with Gasteiger partial charge in [-0.3, -0.25) is 4.79 Å². The van der Waals surface area contributed by atoms with Crippen molar-refractivity contribution in [3.05, 3.63) is 65.2 Å². The van der Waals surface area contributed by atoms with Gasteiger partial charge in [0, 0.05) is 11.6 Å². The molecule has 0 saturated heterocycles. The zero-order chi connectivity index (χ0) is 13.4. The number of rotatable bonds is 1. The summed E-state index contributed by atoms with van der Waals surface area (Å²) in [6.07, 6.45) is 0. The second-order valence-electron chi connectivity index (χ2n) is 4.87. The number of carbonyl (C=O) groups is 1. The van der Waals surface area contributed by atoms with Gasteiger partial charge in [0.2, 0.25) is 5.91 Å². The molecule has 19 heavy (non-hydrogen) atoms. The molecule has 1 aliphatic heterocycles. The minimum Gasteiger partial charge on any atom is -0.325 e. The molecule has 2 atom stereocenters. The lowest BCUT2D eigenvalue weighted by Gasteiger charge is -2.30. The highest BCUT2D eigenvalue weighted by Crippen LogP contribution is 2.40. The molecule has 3 rings (SSSR count). The third-order valence-electron chi connectivity index (χ3n) is 3.50. The van der Waals surface area contributed by atoms with Crippen molar-refractivity contribution in [2.75, 3.05) is 5.32 Å². The van der Waals surface area contributed by atoms with E-state index in [-0.39, 0.29) is 16.7 Å². The minimum absolute atomic E-state index is 0.0187. The first kappa shape index (κ1) is 12.4. The molecule has 0 fully saturated rings. The number of alkyl halides is 1. The first-order valence-corrected chi connectivity index (χ1v) is 7.19. The van der Waals surface area contributed by atoms with Crippen LogP contribution in [0.1, 0.15) is 22.6 Å². The van der Waals surface area contributed by atoms with Crippen molar-refractivity contribution in [1.29, 1.82) is 0 Å². The SMILES string of the molecule is Cc1ccc2c(c1)C(c1ccccc1)C(Br)C(=O)N2. The fourth-order valence-corrected chi connectivity index (χ4v) is 3.28. The quantitative estimate of drug-likeness (QED) is 0.796. The Morgan fingerprint density at radius 2 is 1.84 bits per heavy atom. The first-order chi connectivity index (χ1) is 9.16. The number of halogens is 1. The average molecular weight is 316 g/mol. The van der Waals surface area contributed by atoms with Gasteiger partial charge in [-0.1, -0.05) is 64.0 Å². The molecule has 0 spiro atoms. The molecule has 0 aliphatic carbocycles. The van der Waals surface area contributed by atoms with E-state index in [4.69, 9.17) is 0 Å². The number of hydrogen-bond donors (Lipinski definition) is 1. The Kier molecular flexibility index (Phi) is 3.15. The van der Waals surface area contributed by atoms with E-state index in [2.05, 4.69) is 46.4 Å². The third kappa shape index (κ3) is 2.19. The van der Waals surface area contributed by atoms with Crippen LogP contribution >= 0.6 is 15.9 Å². The van der Waals surface area contributed by atoms with E-state index in [1.807, 2.05) is 30.3 Å².